The molecule has 34 heavy (non-hydrogen) atoms. The van der Waals surface area contributed by atoms with Gasteiger partial charge in [0.25, 0.3) is 0 Å². The highest BCUT2D eigenvalue weighted by atomic mass is 32.2. The van der Waals surface area contributed by atoms with Crippen molar-refractivity contribution in [1.82, 2.24) is 19.1 Å². The van der Waals surface area contributed by atoms with Gasteiger partial charge in [-0.25, -0.2) is 8.42 Å². The lowest BCUT2D eigenvalue weighted by Crippen LogP contribution is -2.35. The molecule has 0 atom stereocenters. The van der Waals surface area contributed by atoms with E-state index in [0.717, 1.165) is 43.6 Å². The third-order valence-electron chi connectivity index (χ3n) is 6.02. The van der Waals surface area contributed by atoms with Gasteiger partial charge in [0, 0.05) is 30.4 Å². The molecule has 0 unspecified atom stereocenters. The van der Waals surface area contributed by atoms with E-state index in [9.17, 15) is 13.2 Å². The molecule has 10 heteroatoms. The van der Waals surface area contributed by atoms with Crippen LogP contribution < -0.4 is 5.32 Å². The lowest BCUT2D eigenvalue weighted by atomic mass is 10.2. The summed E-state index contributed by atoms with van der Waals surface area (Å²) in [5.41, 5.74) is 1.44. The lowest BCUT2D eigenvalue weighted by molar-refractivity contribution is -0.113. The molecule has 0 spiro atoms. The Labute approximate surface area is 203 Å². The maximum absolute atomic E-state index is 13.0. The molecule has 2 aromatic carbocycles. The molecular weight excluding hydrogens is 470 g/mol. The minimum atomic E-state index is -3.56. The normalized spacial score (nSPS) is 16.9. The Bertz CT molecular complexity index is 1270. The van der Waals surface area contributed by atoms with Crippen molar-refractivity contribution in [1.29, 1.82) is 0 Å². The number of amides is 1. The molecule has 1 aliphatic heterocycles. The van der Waals surface area contributed by atoms with Crippen LogP contribution in [0.1, 0.15) is 43.8 Å². The summed E-state index contributed by atoms with van der Waals surface area (Å²) >= 11 is 1.32. The molecule has 8 nitrogen and oxygen atoms in total. The monoisotopic (exact) mass is 497 g/mol. The van der Waals surface area contributed by atoms with Crippen LogP contribution in [0.15, 0.2) is 64.6 Å². The van der Waals surface area contributed by atoms with Crippen LogP contribution in [0.2, 0.25) is 0 Å². The molecule has 1 aliphatic carbocycles. The van der Waals surface area contributed by atoms with Crippen molar-refractivity contribution in [3.05, 3.63) is 60.4 Å². The number of hydrogen-bond donors (Lipinski definition) is 1. The predicted molar refractivity (Wildman–Crippen MR) is 132 cm³/mol. The molecule has 1 saturated heterocycles. The number of rotatable bonds is 8. The molecule has 2 fully saturated rings. The number of nitrogens with zero attached hydrogens (tertiary/aromatic N) is 4. The molecule has 2 aliphatic rings. The summed E-state index contributed by atoms with van der Waals surface area (Å²) in [6.07, 6.45) is 5.02. The first kappa shape index (κ1) is 23.1. The zero-order chi connectivity index (χ0) is 23.5. The standard InChI is InChI=1S/C24H27N5O3S2/c30-22(25-19-8-7-11-21(16-19)34(31,32)28-14-5-2-6-15-28)17-33-24-27-26-23(18-12-13-18)29(24)20-9-3-1-4-10-20/h1,3-4,7-11,16,18H,2,5-6,12-15,17H2,(H,25,30). The van der Waals surface area contributed by atoms with Crippen LogP contribution in [-0.2, 0) is 14.8 Å². The number of sulfonamides is 1. The Balaban J connectivity index is 1.27. The molecule has 2 heterocycles. The summed E-state index contributed by atoms with van der Waals surface area (Å²) < 4.78 is 29.5. The van der Waals surface area contributed by atoms with E-state index in [-0.39, 0.29) is 16.6 Å². The topological polar surface area (TPSA) is 97.2 Å². The van der Waals surface area contributed by atoms with Gasteiger partial charge in [0.2, 0.25) is 15.9 Å². The van der Waals surface area contributed by atoms with E-state index in [4.69, 9.17) is 0 Å². The van der Waals surface area contributed by atoms with E-state index >= 15 is 0 Å². The van der Waals surface area contributed by atoms with Gasteiger partial charge in [-0.1, -0.05) is 42.4 Å². The van der Waals surface area contributed by atoms with E-state index in [0.29, 0.717) is 29.9 Å². The molecule has 3 aromatic rings. The van der Waals surface area contributed by atoms with Crippen LogP contribution in [0, 0.1) is 0 Å². The van der Waals surface area contributed by atoms with Crippen LogP contribution in [0.4, 0.5) is 5.69 Å². The van der Waals surface area contributed by atoms with Gasteiger partial charge in [-0.2, -0.15) is 4.31 Å². The number of anilines is 1. The van der Waals surface area contributed by atoms with Crippen LogP contribution in [0.3, 0.4) is 0 Å². The minimum Gasteiger partial charge on any atom is -0.325 e. The third kappa shape index (κ3) is 5.03. The van der Waals surface area contributed by atoms with Crippen molar-refractivity contribution in [2.45, 2.75) is 48.1 Å². The number of nitrogens with one attached hydrogen (secondary N) is 1. The fourth-order valence-corrected chi connectivity index (χ4v) is 6.44. The van der Waals surface area contributed by atoms with Gasteiger partial charge in [-0.3, -0.25) is 9.36 Å². The number of thioether (sulfide) groups is 1. The Hall–Kier alpha value is -2.69. The second-order valence-electron chi connectivity index (χ2n) is 8.62. The van der Waals surface area contributed by atoms with Crippen molar-refractivity contribution < 1.29 is 13.2 Å². The number of carbonyl (C=O) groups excluding carboxylic acids is 1. The minimum absolute atomic E-state index is 0.138. The SMILES string of the molecule is O=C(CSc1nnc(C2CC2)n1-c1ccccc1)Nc1cccc(S(=O)(=O)N2CCCCC2)c1. The number of aromatic nitrogens is 3. The van der Waals surface area contributed by atoms with Crippen LogP contribution >= 0.6 is 11.8 Å². The van der Waals surface area contributed by atoms with Crippen LogP contribution in [0.5, 0.6) is 0 Å². The van der Waals surface area contributed by atoms with E-state index in [1.54, 1.807) is 18.2 Å². The summed E-state index contributed by atoms with van der Waals surface area (Å²) in [6, 6.07) is 16.4. The van der Waals surface area contributed by atoms with Crippen molar-refractivity contribution >= 4 is 33.4 Å². The number of para-hydroxylation sites is 1. The first-order chi connectivity index (χ1) is 16.5. The van der Waals surface area contributed by atoms with Gasteiger partial charge in [-0.15, -0.1) is 10.2 Å². The van der Waals surface area contributed by atoms with Crippen molar-refractivity contribution in [3.63, 3.8) is 0 Å². The third-order valence-corrected chi connectivity index (χ3v) is 8.84. The quantitative estimate of drug-likeness (QED) is 0.472. The Morgan fingerprint density at radius 3 is 2.50 bits per heavy atom. The van der Waals surface area contributed by atoms with Crippen molar-refractivity contribution in [2.75, 3.05) is 24.2 Å². The van der Waals surface area contributed by atoms with Crippen molar-refractivity contribution in [3.8, 4) is 5.69 Å². The van der Waals surface area contributed by atoms with Gasteiger partial charge in [0.1, 0.15) is 5.82 Å². The Kier molecular flexibility index (Phi) is 6.71. The zero-order valence-corrected chi connectivity index (χ0v) is 20.4. The van der Waals surface area contributed by atoms with E-state index in [1.807, 2.05) is 34.9 Å². The summed E-state index contributed by atoms with van der Waals surface area (Å²) in [5.74, 6) is 1.26. The zero-order valence-electron chi connectivity index (χ0n) is 18.8. The second kappa shape index (κ2) is 9.89. The molecule has 5 rings (SSSR count). The van der Waals surface area contributed by atoms with E-state index < -0.39 is 10.0 Å². The molecule has 1 amide bonds. The second-order valence-corrected chi connectivity index (χ2v) is 11.5. The number of carbonyl (C=O) groups is 1. The highest BCUT2D eigenvalue weighted by Gasteiger charge is 2.31. The van der Waals surface area contributed by atoms with E-state index in [2.05, 4.69) is 15.5 Å². The van der Waals surface area contributed by atoms with Crippen LogP contribution in [0.25, 0.3) is 5.69 Å². The van der Waals surface area contributed by atoms with Gasteiger partial charge >= 0.3 is 0 Å². The highest BCUT2D eigenvalue weighted by Crippen LogP contribution is 2.41. The first-order valence-electron chi connectivity index (χ1n) is 11.6. The average molecular weight is 498 g/mol. The Morgan fingerprint density at radius 2 is 1.76 bits per heavy atom. The van der Waals surface area contributed by atoms with Gasteiger partial charge in [0.05, 0.1) is 10.6 Å². The highest BCUT2D eigenvalue weighted by molar-refractivity contribution is 7.99. The fraction of sp³-hybridized carbons (Fsp3) is 0.375. The molecule has 178 valence electrons. The molecule has 1 N–H and O–H groups in total. The fourth-order valence-electron chi connectivity index (χ4n) is 4.12. The molecule has 1 aromatic heterocycles. The number of benzene rings is 2. The first-order valence-corrected chi connectivity index (χ1v) is 14.0. The Morgan fingerprint density at radius 1 is 1.00 bits per heavy atom. The summed E-state index contributed by atoms with van der Waals surface area (Å²) in [5, 5.41) is 12.2. The summed E-state index contributed by atoms with van der Waals surface area (Å²) in [4.78, 5) is 12.9. The molecule has 0 bridgehead atoms. The van der Waals surface area contributed by atoms with Gasteiger partial charge < -0.3 is 5.32 Å². The lowest BCUT2D eigenvalue weighted by Gasteiger charge is -2.26. The summed E-state index contributed by atoms with van der Waals surface area (Å²) in [6.45, 7) is 1.08. The molecule has 0 radical (unpaired) electrons. The number of hydrogen-bond acceptors (Lipinski definition) is 6. The maximum Gasteiger partial charge on any atom is 0.243 e. The van der Waals surface area contributed by atoms with Gasteiger partial charge in [0.15, 0.2) is 5.16 Å². The van der Waals surface area contributed by atoms with Crippen LogP contribution in [-0.4, -0.2) is 52.2 Å². The molecular formula is C24H27N5O3S2. The van der Waals surface area contributed by atoms with Gasteiger partial charge in [-0.05, 0) is 56.0 Å². The van der Waals surface area contributed by atoms with E-state index in [1.165, 1.54) is 22.1 Å². The largest absolute Gasteiger partial charge is 0.325 e. The predicted octanol–water partition coefficient (Wildman–Crippen LogP) is 4.05. The average Bonchev–Trinajstić information content (AvgIpc) is 3.63. The van der Waals surface area contributed by atoms with Crippen molar-refractivity contribution in [2.24, 2.45) is 0 Å². The number of piperidine rings is 1. The smallest absolute Gasteiger partial charge is 0.243 e. The summed E-state index contributed by atoms with van der Waals surface area (Å²) in [7, 11) is -3.56. The molecule has 1 saturated carbocycles. The maximum atomic E-state index is 13.0.